The molecule has 4 aromatic heterocycles. The molecule has 0 unspecified atom stereocenters. The molecule has 2 N–H and O–H groups in total. The zero-order valence-electron chi connectivity index (χ0n) is 18.7. The smallest absolute Gasteiger partial charge is 0.263 e. The normalized spacial score (nSPS) is 14.2. The molecule has 0 atom stereocenters. The largest absolute Gasteiger partial charge is 0.418 e. The van der Waals surface area contributed by atoms with Gasteiger partial charge < -0.3 is 19.3 Å². The fourth-order valence-electron chi connectivity index (χ4n) is 4.13. The molecule has 6 rings (SSSR count). The van der Waals surface area contributed by atoms with Crippen molar-refractivity contribution in [2.45, 2.75) is 24.9 Å². The number of hydrogen-bond acceptors (Lipinski definition) is 6. The zero-order chi connectivity index (χ0) is 24.9. The number of amides is 1. The van der Waals surface area contributed by atoms with Crippen molar-refractivity contribution in [2.75, 3.05) is 0 Å². The number of carbonyl (C=O) groups is 1. The van der Waals surface area contributed by atoms with Gasteiger partial charge in [-0.3, -0.25) is 9.59 Å². The van der Waals surface area contributed by atoms with Crippen molar-refractivity contribution in [1.29, 1.82) is 0 Å². The van der Waals surface area contributed by atoms with Gasteiger partial charge in [-0.1, -0.05) is 6.07 Å². The molecular weight excluding hydrogens is 470 g/mol. The first-order valence-corrected chi connectivity index (χ1v) is 11.2. The maximum absolute atomic E-state index is 13.6. The van der Waals surface area contributed by atoms with Crippen LogP contribution in [0.15, 0.2) is 70.3 Å². The van der Waals surface area contributed by atoms with Gasteiger partial charge in [-0.25, -0.2) is 13.8 Å². The van der Waals surface area contributed by atoms with Gasteiger partial charge >= 0.3 is 0 Å². The lowest BCUT2D eigenvalue weighted by molar-refractivity contribution is 0.0921. The van der Waals surface area contributed by atoms with Crippen LogP contribution in [0.3, 0.4) is 0 Å². The highest BCUT2D eigenvalue weighted by Crippen LogP contribution is 2.45. The Bertz CT molecular complexity index is 1680. The molecule has 0 aliphatic heterocycles. The summed E-state index contributed by atoms with van der Waals surface area (Å²) in [5, 5.41) is 12.0. The van der Waals surface area contributed by atoms with Gasteiger partial charge in [0.25, 0.3) is 11.5 Å². The number of aromatic amines is 1. The van der Waals surface area contributed by atoms with E-state index >= 15 is 0 Å². The van der Waals surface area contributed by atoms with E-state index in [4.69, 9.17) is 4.42 Å². The highest BCUT2D eigenvalue weighted by molar-refractivity contribution is 5.94. The SMILES string of the molecule is O=C(NC1(c2nnc(-c3c[nH]c4ncccc34)o2)CC1)c1cccn(Cc2ccc(F)c(F)c2)c1=O. The zero-order valence-corrected chi connectivity index (χ0v) is 18.7. The first kappa shape index (κ1) is 21.8. The van der Waals surface area contributed by atoms with E-state index in [9.17, 15) is 18.4 Å². The average Bonchev–Trinajstić information content (AvgIpc) is 3.28. The third kappa shape index (κ3) is 3.74. The summed E-state index contributed by atoms with van der Waals surface area (Å²) in [4.78, 5) is 33.3. The van der Waals surface area contributed by atoms with E-state index in [1.165, 1.54) is 22.9 Å². The summed E-state index contributed by atoms with van der Waals surface area (Å²) < 4.78 is 34.0. The van der Waals surface area contributed by atoms with Crippen LogP contribution in [0.25, 0.3) is 22.5 Å². The molecule has 4 heterocycles. The lowest BCUT2D eigenvalue weighted by atomic mass is 10.2. The summed E-state index contributed by atoms with van der Waals surface area (Å²) in [6, 6.07) is 10.0. The molecule has 180 valence electrons. The molecule has 1 aromatic carbocycles. The summed E-state index contributed by atoms with van der Waals surface area (Å²) in [6.45, 7) is -0.0191. The number of nitrogens with zero attached hydrogens (tertiary/aromatic N) is 4. The van der Waals surface area contributed by atoms with Crippen LogP contribution in [0.2, 0.25) is 0 Å². The second-order valence-electron chi connectivity index (χ2n) is 8.65. The van der Waals surface area contributed by atoms with Crippen molar-refractivity contribution in [2.24, 2.45) is 0 Å². The van der Waals surface area contributed by atoms with E-state index < -0.39 is 28.6 Å². The Morgan fingerprint density at radius 1 is 1.14 bits per heavy atom. The molecule has 1 saturated carbocycles. The summed E-state index contributed by atoms with van der Waals surface area (Å²) in [6.07, 6.45) is 6.03. The predicted molar refractivity (Wildman–Crippen MR) is 124 cm³/mol. The number of H-pyrrole nitrogens is 1. The topological polar surface area (TPSA) is 119 Å². The van der Waals surface area contributed by atoms with Crippen LogP contribution in [0.4, 0.5) is 8.78 Å². The average molecular weight is 488 g/mol. The molecule has 36 heavy (non-hydrogen) atoms. The first-order chi connectivity index (χ1) is 17.4. The highest BCUT2D eigenvalue weighted by Gasteiger charge is 2.51. The van der Waals surface area contributed by atoms with E-state index in [1.54, 1.807) is 24.5 Å². The second-order valence-corrected chi connectivity index (χ2v) is 8.65. The highest BCUT2D eigenvalue weighted by atomic mass is 19.2. The number of halogens is 2. The summed E-state index contributed by atoms with van der Waals surface area (Å²) in [5.41, 5.74) is 0.257. The molecule has 9 nitrogen and oxygen atoms in total. The maximum atomic E-state index is 13.6. The van der Waals surface area contributed by atoms with Gasteiger partial charge in [-0.15, -0.1) is 10.2 Å². The summed E-state index contributed by atoms with van der Waals surface area (Å²) >= 11 is 0. The van der Waals surface area contributed by atoms with Crippen molar-refractivity contribution >= 4 is 16.9 Å². The van der Waals surface area contributed by atoms with Gasteiger partial charge in [0, 0.05) is 24.0 Å². The Balaban J connectivity index is 1.24. The Kier molecular flexibility index (Phi) is 4.99. The van der Waals surface area contributed by atoms with Crippen LogP contribution < -0.4 is 10.9 Å². The van der Waals surface area contributed by atoms with Crippen molar-refractivity contribution in [3.63, 3.8) is 0 Å². The molecule has 5 aromatic rings. The fourth-order valence-corrected chi connectivity index (χ4v) is 4.13. The Morgan fingerprint density at radius 3 is 2.81 bits per heavy atom. The number of rotatable bonds is 6. The number of fused-ring (bicyclic) bond motifs is 1. The third-order valence-corrected chi connectivity index (χ3v) is 6.22. The minimum atomic E-state index is -1.01. The van der Waals surface area contributed by atoms with Crippen LogP contribution in [0.1, 0.15) is 34.7 Å². The van der Waals surface area contributed by atoms with Crippen LogP contribution >= 0.6 is 0 Å². The standard InChI is InChI=1S/C25H18F2N6O3/c26-18-6-5-14(11-19(18)27)13-33-10-2-4-16(23(33)35)21(34)30-25(7-8-25)24-32-31-22(36-24)17-12-29-20-15(17)3-1-9-28-20/h1-6,9-12H,7-8,13H2,(H,28,29)(H,30,34). The van der Waals surface area contributed by atoms with E-state index in [1.807, 2.05) is 6.07 Å². The van der Waals surface area contributed by atoms with Gasteiger partial charge in [0.1, 0.15) is 16.7 Å². The van der Waals surface area contributed by atoms with Crippen molar-refractivity contribution < 1.29 is 18.0 Å². The van der Waals surface area contributed by atoms with Gasteiger partial charge in [-0.05, 0) is 54.8 Å². The third-order valence-electron chi connectivity index (χ3n) is 6.22. The van der Waals surface area contributed by atoms with Gasteiger partial charge in [0.05, 0.1) is 12.1 Å². The van der Waals surface area contributed by atoms with Gasteiger partial charge in [0.15, 0.2) is 11.6 Å². The quantitative estimate of drug-likeness (QED) is 0.378. The molecule has 1 fully saturated rings. The van der Waals surface area contributed by atoms with Crippen LogP contribution in [-0.2, 0) is 12.1 Å². The van der Waals surface area contributed by atoms with Crippen LogP contribution in [0, 0.1) is 11.6 Å². The molecule has 0 bridgehead atoms. The molecule has 0 spiro atoms. The minimum Gasteiger partial charge on any atom is -0.418 e. The monoisotopic (exact) mass is 488 g/mol. The number of aromatic nitrogens is 5. The van der Waals surface area contributed by atoms with E-state index in [-0.39, 0.29) is 18.0 Å². The van der Waals surface area contributed by atoms with Crippen LogP contribution in [-0.4, -0.2) is 30.6 Å². The first-order valence-electron chi connectivity index (χ1n) is 11.2. The van der Waals surface area contributed by atoms with Crippen molar-refractivity contribution in [3.05, 3.63) is 100 Å². The number of hydrogen-bond donors (Lipinski definition) is 2. The van der Waals surface area contributed by atoms with E-state index in [2.05, 4.69) is 25.5 Å². The maximum Gasteiger partial charge on any atom is 0.263 e. The molecule has 1 aliphatic rings. The van der Waals surface area contributed by atoms with E-state index in [0.29, 0.717) is 35.5 Å². The Morgan fingerprint density at radius 2 is 2.00 bits per heavy atom. The lowest BCUT2D eigenvalue weighted by Crippen LogP contribution is -2.39. The number of nitrogens with one attached hydrogen (secondary N) is 2. The number of benzene rings is 1. The Labute approximate surface area is 201 Å². The second kappa shape index (κ2) is 8.22. The van der Waals surface area contributed by atoms with Crippen molar-refractivity contribution in [1.82, 2.24) is 30.0 Å². The summed E-state index contributed by atoms with van der Waals surface area (Å²) in [7, 11) is 0. The molecule has 0 saturated heterocycles. The molecular formula is C25H18F2N6O3. The van der Waals surface area contributed by atoms with Gasteiger partial charge in [-0.2, -0.15) is 0 Å². The number of carbonyl (C=O) groups excluding carboxylic acids is 1. The molecule has 1 aliphatic carbocycles. The molecule has 1 amide bonds. The Hall–Kier alpha value is -4.67. The number of pyridine rings is 2. The molecule has 11 heteroatoms. The minimum absolute atomic E-state index is 0.0191. The molecule has 0 radical (unpaired) electrons. The van der Waals surface area contributed by atoms with Crippen molar-refractivity contribution in [3.8, 4) is 11.5 Å². The fraction of sp³-hybridized carbons (Fsp3) is 0.160. The lowest BCUT2D eigenvalue weighted by Gasteiger charge is -2.14. The van der Waals surface area contributed by atoms with Gasteiger partial charge in [0.2, 0.25) is 11.8 Å². The van der Waals surface area contributed by atoms with E-state index in [0.717, 1.165) is 17.5 Å². The van der Waals surface area contributed by atoms with Crippen LogP contribution in [0.5, 0.6) is 0 Å². The predicted octanol–water partition coefficient (Wildman–Crippen LogP) is 3.52. The summed E-state index contributed by atoms with van der Waals surface area (Å²) in [5.74, 6) is -2.03.